The number of amides is 1. The highest BCUT2D eigenvalue weighted by Gasteiger charge is 2.30. The Morgan fingerprint density at radius 3 is 2.71 bits per heavy atom. The Morgan fingerprint density at radius 1 is 1.48 bits per heavy atom. The van der Waals surface area contributed by atoms with Crippen LogP contribution in [-0.2, 0) is 4.74 Å². The molecule has 1 aliphatic heterocycles. The van der Waals surface area contributed by atoms with Crippen molar-refractivity contribution in [2.45, 2.75) is 18.4 Å². The van der Waals surface area contributed by atoms with Crippen molar-refractivity contribution < 1.29 is 19.6 Å². The third kappa shape index (κ3) is 3.90. The first-order valence-corrected chi connectivity index (χ1v) is 6.81. The lowest BCUT2D eigenvalue weighted by Crippen LogP contribution is -2.46. The van der Waals surface area contributed by atoms with Gasteiger partial charge in [0.05, 0.1) is 10.5 Å². The number of nitrogens with zero attached hydrogens (tertiary/aromatic N) is 1. The number of aliphatic hydroxyl groups is 1. The zero-order valence-corrected chi connectivity index (χ0v) is 11.9. The van der Waals surface area contributed by atoms with Gasteiger partial charge in [-0.15, -0.1) is 0 Å². The molecule has 0 unspecified atom stereocenters. The second-order valence-corrected chi connectivity index (χ2v) is 5.35. The number of carbonyl (C=O) groups is 1. The zero-order valence-electron chi connectivity index (χ0n) is 11.2. The van der Waals surface area contributed by atoms with Gasteiger partial charge in [-0.05, 0) is 12.1 Å². The number of nitro groups is 1. The Labute approximate surface area is 126 Å². The smallest absolute Gasteiger partial charge is 0.287 e. The number of nitro benzene ring substituents is 1. The summed E-state index contributed by atoms with van der Waals surface area (Å²) in [6, 6.07) is 3.75. The first-order chi connectivity index (χ1) is 9.91. The van der Waals surface area contributed by atoms with Crippen molar-refractivity contribution in [3.8, 4) is 0 Å². The molecule has 0 aromatic heterocycles. The van der Waals surface area contributed by atoms with Gasteiger partial charge in [0.15, 0.2) is 0 Å². The third-order valence-corrected chi connectivity index (χ3v) is 3.71. The molecule has 1 amide bonds. The lowest BCUT2D eigenvalue weighted by Gasteiger charge is -2.32. The molecule has 1 aromatic rings. The number of benzene rings is 1. The van der Waals surface area contributed by atoms with Crippen molar-refractivity contribution in [3.05, 3.63) is 38.9 Å². The third-order valence-electron chi connectivity index (χ3n) is 3.41. The van der Waals surface area contributed by atoms with Crippen molar-refractivity contribution >= 4 is 23.2 Å². The van der Waals surface area contributed by atoms with Gasteiger partial charge in [0.25, 0.3) is 11.6 Å². The van der Waals surface area contributed by atoms with Crippen LogP contribution in [0.4, 0.5) is 5.69 Å². The van der Waals surface area contributed by atoms with E-state index in [0.717, 1.165) is 0 Å². The Kier molecular flexibility index (Phi) is 4.76. The number of ether oxygens (including phenoxy) is 1. The SMILES string of the molecule is O=C(NCC1(O)CCOCC1)c1ccc([N+](=O)[O-])c(Cl)c1. The second kappa shape index (κ2) is 6.38. The molecule has 0 saturated carbocycles. The van der Waals surface area contributed by atoms with Crippen molar-refractivity contribution in [2.75, 3.05) is 19.8 Å². The van der Waals surface area contributed by atoms with Gasteiger partial charge in [-0.25, -0.2) is 0 Å². The highest BCUT2D eigenvalue weighted by atomic mass is 35.5. The quantitative estimate of drug-likeness (QED) is 0.648. The minimum Gasteiger partial charge on any atom is -0.388 e. The molecule has 114 valence electrons. The summed E-state index contributed by atoms with van der Waals surface area (Å²) in [6.45, 7) is 1.01. The Balaban J connectivity index is 2.00. The van der Waals surface area contributed by atoms with Crippen molar-refractivity contribution in [1.29, 1.82) is 0 Å². The minimum atomic E-state index is -0.974. The number of halogens is 1. The fourth-order valence-electron chi connectivity index (χ4n) is 2.07. The summed E-state index contributed by atoms with van der Waals surface area (Å²) in [5.74, 6) is -0.438. The summed E-state index contributed by atoms with van der Waals surface area (Å²) in [4.78, 5) is 22.0. The topological polar surface area (TPSA) is 102 Å². The second-order valence-electron chi connectivity index (χ2n) is 4.94. The molecule has 0 atom stereocenters. The monoisotopic (exact) mass is 314 g/mol. The van der Waals surface area contributed by atoms with Crippen molar-refractivity contribution in [1.82, 2.24) is 5.32 Å². The minimum absolute atomic E-state index is 0.0996. The first kappa shape index (κ1) is 15.7. The van der Waals surface area contributed by atoms with Crippen molar-refractivity contribution in [2.24, 2.45) is 0 Å². The number of rotatable bonds is 4. The van der Waals surface area contributed by atoms with E-state index < -0.39 is 16.4 Å². The van der Waals surface area contributed by atoms with Gasteiger partial charge < -0.3 is 15.2 Å². The van der Waals surface area contributed by atoms with E-state index in [1.54, 1.807) is 0 Å². The summed E-state index contributed by atoms with van der Waals surface area (Å²) in [5, 5.41) is 23.4. The summed E-state index contributed by atoms with van der Waals surface area (Å²) in [5.41, 5.74) is -1.02. The number of hydrogen-bond donors (Lipinski definition) is 2. The summed E-state index contributed by atoms with van der Waals surface area (Å²) < 4.78 is 5.15. The number of hydrogen-bond acceptors (Lipinski definition) is 5. The fourth-order valence-corrected chi connectivity index (χ4v) is 2.32. The van der Waals surface area contributed by atoms with Crippen LogP contribution >= 0.6 is 11.6 Å². The molecule has 1 aliphatic rings. The predicted molar refractivity (Wildman–Crippen MR) is 75.4 cm³/mol. The lowest BCUT2D eigenvalue weighted by molar-refractivity contribution is -0.384. The van der Waals surface area contributed by atoms with Gasteiger partial charge in [-0.2, -0.15) is 0 Å². The standard InChI is InChI=1S/C13H15ClN2O5/c14-10-7-9(1-2-11(10)16(19)20)12(17)15-8-13(18)3-5-21-6-4-13/h1-2,7,18H,3-6,8H2,(H,15,17). The molecular formula is C13H15ClN2O5. The van der Waals surface area contributed by atoms with E-state index in [4.69, 9.17) is 16.3 Å². The molecule has 2 N–H and O–H groups in total. The van der Waals surface area contributed by atoms with Gasteiger partial charge in [0, 0.05) is 44.2 Å². The molecule has 1 heterocycles. The van der Waals surface area contributed by atoms with Crippen LogP contribution in [0.3, 0.4) is 0 Å². The Hall–Kier alpha value is -1.70. The predicted octanol–water partition coefficient (Wildman–Crippen LogP) is 1.52. The molecule has 0 aliphatic carbocycles. The van der Waals surface area contributed by atoms with Crippen LogP contribution < -0.4 is 5.32 Å². The van der Waals surface area contributed by atoms with Gasteiger partial charge in [-0.3, -0.25) is 14.9 Å². The summed E-state index contributed by atoms with van der Waals surface area (Å²) in [7, 11) is 0. The molecule has 7 nitrogen and oxygen atoms in total. The molecule has 1 aromatic carbocycles. The average Bonchev–Trinajstić information content (AvgIpc) is 2.45. The first-order valence-electron chi connectivity index (χ1n) is 6.44. The maximum absolute atomic E-state index is 12.0. The van der Waals surface area contributed by atoms with Crippen LogP contribution in [0.15, 0.2) is 18.2 Å². The van der Waals surface area contributed by atoms with Crippen LogP contribution in [0.5, 0.6) is 0 Å². The van der Waals surface area contributed by atoms with E-state index in [-0.39, 0.29) is 22.8 Å². The lowest BCUT2D eigenvalue weighted by atomic mass is 9.94. The molecular weight excluding hydrogens is 300 g/mol. The van der Waals surface area contributed by atoms with Crippen LogP contribution in [0, 0.1) is 10.1 Å². The molecule has 1 saturated heterocycles. The highest BCUT2D eigenvalue weighted by molar-refractivity contribution is 6.33. The normalized spacial score (nSPS) is 17.2. The van der Waals surface area contributed by atoms with E-state index in [2.05, 4.69) is 5.32 Å². The molecule has 21 heavy (non-hydrogen) atoms. The molecule has 0 spiro atoms. The van der Waals surface area contributed by atoms with Crippen LogP contribution in [-0.4, -0.2) is 41.3 Å². The molecule has 2 rings (SSSR count). The van der Waals surface area contributed by atoms with E-state index in [0.29, 0.717) is 26.1 Å². The Bertz CT molecular complexity index is 557. The van der Waals surface area contributed by atoms with Gasteiger partial charge in [0.1, 0.15) is 5.02 Å². The maximum atomic E-state index is 12.0. The summed E-state index contributed by atoms with van der Waals surface area (Å²) in [6.07, 6.45) is 0.905. The Morgan fingerprint density at radius 2 is 2.14 bits per heavy atom. The summed E-state index contributed by atoms with van der Waals surface area (Å²) >= 11 is 5.76. The zero-order chi connectivity index (χ0) is 15.5. The molecule has 8 heteroatoms. The largest absolute Gasteiger partial charge is 0.388 e. The van der Waals surface area contributed by atoms with E-state index in [1.165, 1.54) is 18.2 Å². The highest BCUT2D eigenvalue weighted by Crippen LogP contribution is 2.25. The molecule has 0 radical (unpaired) electrons. The molecule has 0 bridgehead atoms. The fraction of sp³-hybridized carbons (Fsp3) is 0.462. The number of carbonyl (C=O) groups excluding carboxylic acids is 1. The van der Waals surface area contributed by atoms with Gasteiger partial charge >= 0.3 is 0 Å². The van der Waals surface area contributed by atoms with Crippen LogP contribution in [0.2, 0.25) is 5.02 Å². The van der Waals surface area contributed by atoms with Crippen LogP contribution in [0.1, 0.15) is 23.2 Å². The van der Waals surface area contributed by atoms with E-state index in [1.807, 2.05) is 0 Å². The van der Waals surface area contributed by atoms with Gasteiger partial charge in [0.2, 0.25) is 0 Å². The maximum Gasteiger partial charge on any atom is 0.287 e. The average molecular weight is 315 g/mol. The van der Waals surface area contributed by atoms with Crippen molar-refractivity contribution in [3.63, 3.8) is 0 Å². The van der Waals surface area contributed by atoms with E-state index in [9.17, 15) is 20.0 Å². The number of nitrogens with one attached hydrogen (secondary N) is 1. The van der Waals surface area contributed by atoms with Crippen LogP contribution in [0.25, 0.3) is 0 Å². The van der Waals surface area contributed by atoms with Gasteiger partial charge in [-0.1, -0.05) is 11.6 Å². The van der Waals surface area contributed by atoms with E-state index >= 15 is 0 Å². The molecule has 1 fully saturated rings.